The highest BCUT2D eigenvalue weighted by Crippen LogP contribution is 2.16. The molecule has 0 fully saturated rings. The number of rotatable bonds is 5. The molecule has 2 heterocycles. The van der Waals surface area contributed by atoms with Crippen LogP contribution in [-0.4, -0.2) is 33.8 Å². The fraction of sp³-hybridized carbons (Fsp3) is 0.583. The Morgan fingerprint density at radius 2 is 2.00 bits per heavy atom. The molecule has 0 atom stereocenters. The topological polar surface area (TPSA) is 81.9 Å². The molecular formula is C12H19BrN4O3Si. The summed E-state index contributed by atoms with van der Waals surface area (Å²) in [6.45, 7) is 7.70. The molecule has 0 saturated heterocycles. The highest BCUT2D eigenvalue weighted by Gasteiger charge is 2.16. The molecule has 0 aliphatic carbocycles. The zero-order chi connectivity index (χ0) is 15.8. The second-order valence-corrected chi connectivity index (χ2v) is 12.5. The van der Waals surface area contributed by atoms with E-state index in [1.54, 1.807) is 11.6 Å². The summed E-state index contributed by atoms with van der Waals surface area (Å²) in [5, 5.41) is 0. The van der Waals surface area contributed by atoms with E-state index in [9.17, 15) is 9.59 Å². The van der Waals surface area contributed by atoms with Crippen molar-refractivity contribution in [3.05, 3.63) is 25.6 Å². The number of fused-ring (bicyclic) bond motifs is 1. The minimum atomic E-state index is -1.15. The van der Waals surface area contributed by atoms with Gasteiger partial charge in [0.05, 0.1) is 0 Å². The molecule has 7 nitrogen and oxygen atoms in total. The Labute approximate surface area is 131 Å². The normalized spacial score (nSPS) is 12.2. The predicted octanol–water partition coefficient (Wildman–Crippen LogP) is 1.50. The lowest BCUT2D eigenvalue weighted by Gasteiger charge is -2.15. The summed E-state index contributed by atoms with van der Waals surface area (Å²) in [5.74, 6) is 0. The minimum Gasteiger partial charge on any atom is -0.361 e. The SMILES string of the molecule is Cn1c(=O)[nH]c(=O)c2c1nc(Br)n2COCC[Si](C)(C)C. The van der Waals surface area contributed by atoms with Crippen LogP contribution in [0.4, 0.5) is 0 Å². The largest absolute Gasteiger partial charge is 0.361 e. The standard InChI is InChI=1S/C12H19BrN4O3Si/c1-16-9-8(10(18)15-12(16)19)17(11(13)14-9)7-20-5-6-21(2,3)4/h5-7H2,1-4H3,(H,15,18,19). The number of nitrogens with zero attached hydrogens (tertiary/aromatic N) is 3. The van der Waals surface area contributed by atoms with Crippen LogP contribution in [0.3, 0.4) is 0 Å². The first-order valence-electron chi connectivity index (χ1n) is 6.63. The summed E-state index contributed by atoms with van der Waals surface area (Å²) < 4.78 is 9.05. The molecular weight excluding hydrogens is 356 g/mol. The maximum Gasteiger partial charge on any atom is 0.329 e. The van der Waals surface area contributed by atoms with Crippen LogP contribution in [0, 0.1) is 0 Å². The molecule has 0 unspecified atom stereocenters. The van der Waals surface area contributed by atoms with Crippen molar-refractivity contribution in [1.29, 1.82) is 0 Å². The number of imidazole rings is 1. The van der Waals surface area contributed by atoms with Crippen molar-refractivity contribution in [2.24, 2.45) is 7.05 Å². The van der Waals surface area contributed by atoms with Gasteiger partial charge in [0.2, 0.25) is 0 Å². The fourth-order valence-corrected chi connectivity index (χ4v) is 3.06. The first kappa shape index (κ1) is 16.2. The van der Waals surface area contributed by atoms with Gasteiger partial charge in [-0.15, -0.1) is 0 Å². The Hall–Kier alpha value is -1.19. The van der Waals surface area contributed by atoms with Gasteiger partial charge in [0, 0.05) is 21.7 Å². The molecule has 0 aliphatic heterocycles. The van der Waals surface area contributed by atoms with Crippen molar-refractivity contribution < 1.29 is 4.74 Å². The lowest BCUT2D eigenvalue weighted by Crippen LogP contribution is -2.29. The Morgan fingerprint density at radius 3 is 2.62 bits per heavy atom. The zero-order valence-electron chi connectivity index (χ0n) is 12.6. The maximum atomic E-state index is 12.0. The summed E-state index contributed by atoms with van der Waals surface area (Å²) in [6.07, 6.45) is 0. The van der Waals surface area contributed by atoms with Crippen LogP contribution in [-0.2, 0) is 18.5 Å². The molecule has 0 radical (unpaired) electrons. The molecule has 9 heteroatoms. The fourth-order valence-electron chi connectivity index (χ4n) is 1.86. The van der Waals surface area contributed by atoms with Crippen molar-refractivity contribution in [3.63, 3.8) is 0 Å². The monoisotopic (exact) mass is 374 g/mol. The molecule has 1 N–H and O–H groups in total. The van der Waals surface area contributed by atoms with Crippen molar-refractivity contribution >= 4 is 35.2 Å². The highest BCUT2D eigenvalue weighted by atomic mass is 79.9. The van der Waals surface area contributed by atoms with Crippen LogP contribution >= 0.6 is 15.9 Å². The molecule has 0 amide bonds. The number of aromatic amines is 1. The average molecular weight is 375 g/mol. The Morgan fingerprint density at radius 1 is 1.33 bits per heavy atom. The van der Waals surface area contributed by atoms with Gasteiger partial charge in [0.25, 0.3) is 5.56 Å². The quantitative estimate of drug-likeness (QED) is 0.488. The van der Waals surface area contributed by atoms with Gasteiger partial charge in [0.1, 0.15) is 6.73 Å². The van der Waals surface area contributed by atoms with Gasteiger partial charge < -0.3 is 4.74 Å². The maximum absolute atomic E-state index is 12.0. The molecule has 0 saturated carbocycles. The molecule has 0 spiro atoms. The van der Waals surface area contributed by atoms with E-state index in [1.165, 1.54) is 4.57 Å². The highest BCUT2D eigenvalue weighted by molar-refractivity contribution is 9.10. The number of H-pyrrole nitrogens is 1. The number of halogens is 1. The van der Waals surface area contributed by atoms with Gasteiger partial charge in [-0.05, 0) is 22.0 Å². The third-order valence-electron chi connectivity index (χ3n) is 3.18. The van der Waals surface area contributed by atoms with Crippen molar-refractivity contribution in [2.75, 3.05) is 6.61 Å². The van der Waals surface area contributed by atoms with Gasteiger partial charge in [0.15, 0.2) is 15.9 Å². The summed E-state index contributed by atoms with van der Waals surface area (Å²) in [7, 11) is 0.417. The van der Waals surface area contributed by atoms with Gasteiger partial charge >= 0.3 is 5.69 Å². The zero-order valence-corrected chi connectivity index (χ0v) is 15.2. The van der Waals surface area contributed by atoms with Crippen LogP contribution in [0.25, 0.3) is 11.2 Å². The van der Waals surface area contributed by atoms with Crippen molar-refractivity contribution in [1.82, 2.24) is 19.1 Å². The molecule has 0 aliphatic rings. The first-order chi connectivity index (χ1) is 9.70. The third kappa shape index (κ3) is 3.53. The minimum absolute atomic E-state index is 0.225. The van der Waals surface area contributed by atoms with E-state index in [1.807, 2.05) is 0 Å². The van der Waals surface area contributed by atoms with E-state index in [0.29, 0.717) is 22.5 Å². The molecule has 116 valence electrons. The number of hydrogen-bond donors (Lipinski definition) is 1. The summed E-state index contributed by atoms with van der Waals surface area (Å²) in [6, 6.07) is 1.05. The molecule has 21 heavy (non-hydrogen) atoms. The van der Waals surface area contributed by atoms with E-state index < -0.39 is 19.3 Å². The van der Waals surface area contributed by atoms with Crippen LogP contribution in [0.5, 0.6) is 0 Å². The van der Waals surface area contributed by atoms with Crippen molar-refractivity contribution in [3.8, 4) is 0 Å². The molecule has 0 aromatic carbocycles. The molecule has 2 aromatic heterocycles. The van der Waals surface area contributed by atoms with E-state index in [0.717, 1.165) is 6.04 Å². The smallest absolute Gasteiger partial charge is 0.329 e. The number of aryl methyl sites for hydroxylation is 1. The first-order valence-corrected chi connectivity index (χ1v) is 11.1. The average Bonchev–Trinajstić information content (AvgIpc) is 2.68. The predicted molar refractivity (Wildman–Crippen MR) is 87.4 cm³/mol. The molecule has 2 aromatic rings. The van der Waals surface area contributed by atoms with Crippen LogP contribution < -0.4 is 11.2 Å². The Kier molecular flexibility index (Phi) is 4.54. The number of ether oxygens (including phenoxy) is 1. The third-order valence-corrected chi connectivity index (χ3v) is 5.49. The van der Waals surface area contributed by atoms with E-state index in [4.69, 9.17) is 4.74 Å². The van der Waals surface area contributed by atoms with Crippen molar-refractivity contribution in [2.45, 2.75) is 32.4 Å². The van der Waals surface area contributed by atoms with Gasteiger partial charge in [-0.1, -0.05) is 19.6 Å². The second-order valence-electron chi connectivity index (χ2n) is 6.15. The van der Waals surface area contributed by atoms with Gasteiger partial charge in [-0.25, -0.2) is 9.78 Å². The summed E-state index contributed by atoms with van der Waals surface area (Å²) in [4.78, 5) is 30.0. The molecule has 2 rings (SSSR count). The van der Waals surface area contributed by atoms with E-state index >= 15 is 0 Å². The van der Waals surface area contributed by atoms with Crippen LogP contribution in [0.1, 0.15) is 0 Å². The lowest BCUT2D eigenvalue weighted by molar-refractivity contribution is 0.0882. The van der Waals surface area contributed by atoms with Gasteiger partial charge in [-0.3, -0.25) is 18.9 Å². The van der Waals surface area contributed by atoms with Crippen LogP contribution in [0.2, 0.25) is 25.7 Å². The Balaban J connectivity index is 2.29. The lowest BCUT2D eigenvalue weighted by atomic mass is 10.5. The number of aromatic nitrogens is 4. The number of hydrogen-bond acceptors (Lipinski definition) is 4. The van der Waals surface area contributed by atoms with Gasteiger partial charge in [-0.2, -0.15) is 0 Å². The van der Waals surface area contributed by atoms with Crippen LogP contribution in [0.15, 0.2) is 14.3 Å². The summed E-state index contributed by atoms with van der Waals surface area (Å²) >= 11 is 3.31. The second kappa shape index (κ2) is 5.89. The molecule has 0 bridgehead atoms. The Bertz CT molecular complexity index is 772. The summed E-state index contributed by atoms with van der Waals surface area (Å²) in [5.41, 5.74) is -0.272. The van der Waals surface area contributed by atoms with E-state index in [2.05, 4.69) is 45.5 Å². The number of nitrogens with one attached hydrogen (secondary N) is 1. The van der Waals surface area contributed by atoms with E-state index in [-0.39, 0.29) is 6.73 Å².